The molecular formula is C13H21N3O. The maximum absolute atomic E-state index is 5.65. The third-order valence-corrected chi connectivity index (χ3v) is 3.47. The molecule has 0 bridgehead atoms. The highest BCUT2D eigenvalue weighted by Crippen LogP contribution is 2.28. The minimum Gasteiger partial charge on any atom is -0.379 e. The molecule has 17 heavy (non-hydrogen) atoms. The molecular weight excluding hydrogens is 214 g/mol. The Morgan fingerprint density at radius 1 is 1.35 bits per heavy atom. The SMILES string of the molecule is c1ncn(CCOCC2CC2)c1CNC1CC1. The lowest BCUT2D eigenvalue weighted by Gasteiger charge is -2.09. The van der Waals surface area contributed by atoms with Gasteiger partial charge in [0.1, 0.15) is 0 Å². The predicted octanol–water partition coefficient (Wildman–Crippen LogP) is 1.56. The Labute approximate surface area is 102 Å². The Morgan fingerprint density at radius 3 is 3.00 bits per heavy atom. The molecule has 0 spiro atoms. The van der Waals surface area contributed by atoms with Gasteiger partial charge in [-0.3, -0.25) is 0 Å². The number of nitrogens with zero attached hydrogens (tertiary/aromatic N) is 2. The van der Waals surface area contributed by atoms with Crippen molar-refractivity contribution in [2.75, 3.05) is 13.2 Å². The standard InChI is InChI=1S/C13H21N3O/c1-2-11(1)9-17-6-5-16-10-14-7-13(16)8-15-12-3-4-12/h7,10-12,15H,1-6,8-9H2. The normalized spacial score (nSPS) is 19.8. The third-order valence-electron chi connectivity index (χ3n) is 3.47. The van der Waals surface area contributed by atoms with Crippen molar-refractivity contribution in [1.82, 2.24) is 14.9 Å². The Kier molecular flexibility index (Phi) is 3.43. The van der Waals surface area contributed by atoms with E-state index in [1.54, 1.807) is 0 Å². The zero-order valence-electron chi connectivity index (χ0n) is 10.3. The molecule has 4 heteroatoms. The van der Waals surface area contributed by atoms with E-state index in [4.69, 9.17) is 4.74 Å². The molecule has 2 fully saturated rings. The number of hydrogen-bond acceptors (Lipinski definition) is 3. The van der Waals surface area contributed by atoms with Crippen LogP contribution in [0.1, 0.15) is 31.4 Å². The molecule has 0 atom stereocenters. The van der Waals surface area contributed by atoms with Crippen molar-refractivity contribution in [2.24, 2.45) is 5.92 Å². The van der Waals surface area contributed by atoms with E-state index < -0.39 is 0 Å². The third kappa shape index (κ3) is 3.54. The van der Waals surface area contributed by atoms with Gasteiger partial charge in [-0.1, -0.05) is 0 Å². The van der Waals surface area contributed by atoms with Gasteiger partial charge in [0.25, 0.3) is 0 Å². The summed E-state index contributed by atoms with van der Waals surface area (Å²) >= 11 is 0. The van der Waals surface area contributed by atoms with Gasteiger partial charge in [0.05, 0.1) is 18.6 Å². The highest BCUT2D eigenvalue weighted by atomic mass is 16.5. The molecule has 1 aromatic heterocycles. The second-order valence-corrected chi connectivity index (χ2v) is 5.25. The second-order valence-electron chi connectivity index (χ2n) is 5.25. The van der Waals surface area contributed by atoms with Gasteiger partial charge in [0, 0.05) is 31.9 Å². The van der Waals surface area contributed by atoms with Crippen LogP contribution in [0.15, 0.2) is 12.5 Å². The van der Waals surface area contributed by atoms with Crippen LogP contribution in [0.2, 0.25) is 0 Å². The summed E-state index contributed by atoms with van der Waals surface area (Å²) in [5, 5.41) is 3.52. The van der Waals surface area contributed by atoms with Gasteiger partial charge in [-0.2, -0.15) is 0 Å². The number of nitrogens with one attached hydrogen (secondary N) is 1. The highest BCUT2D eigenvalue weighted by molar-refractivity contribution is 4.99. The van der Waals surface area contributed by atoms with E-state index in [1.807, 2.05) is 12.5 Å². The number of ether oxygens (including phenoxy) is 1. The van der Waals surface area contributed by atoms with E-state index in [9.17, 15) is 0 Å². The Bertz CT molecular complexity index is 355. The molecule has 2 aliphatic rings. The minimum atomic E-state index is 0.754. The van der Waals surface area contributed by atoms with Gasteiger partial charge in [-0.05, 0) is 31.6 Å². The molecule has 0 aliphatic heterocycles. The van der Waals surface area contributed by atoms with E-state index in [0.29, 0.717) is 0 Å². The van der Waals surface area contributed by atoms with Gasteiger partial charge in [0.15, 0.2) is 0 Å². The summed E-state index contributed by atoms with van der Waals surface area (Å²) in [6.45, 7) is 3.62. The number of imidazole rings is 1. The van der Waals surface area contributed by atoms with Crippen LogP contribution in [-0.2, 0) is 17.8 Å². The first-order chi connectivity index (χ1) is 8.42. The summed E-state index contributed by atoms with van der Waals surface area (Å²) in [7, 11) is 0. The lowest BCUT2D eigenvalue weighted by molar-refractivity contribution is 0.116. The first-order valence-corrected chi connectivity index (χ1v) is 6.72. The van der Waals surface area contributed by atoms with Gasteiger partial charge >= 0.3 is 0 Å². The van der Waals surface area contributed by atoms with Crippen LogP contribution in [0.4, 0.5) is 0 Å². The fourth-order valence-electron chi connectivity index (χ4n) is 1.93. The van der Waals surface area contributed by atoms with Gasteiger partial charge < -0.3 is 14.6 Å². The molecule has 94 valence electrons. The zero-order valence-corrected chi connectivity index (χ0v) is 10.3. The Balaban J connectivity index is 1.39. The number of aromatic nitrogens is 2. The van der Waals surface area contributed by atoms with Crippen molar-refractivity contribution >= 4 is 0 Å². The van der Waals surface area contributed by atoms with E-state index in [1.165, 1.54) is 31.4 Å². The summed E-state index contributed by atoms with van der Waals surface area (Å²) in [5.74, 6) is 0.855. The molecule has 0 radical (unpaired) electrons. The summed E-state index contributed by atoms with van der Waals surface area (Å²) in [4.78, 5) is 4.21. The smallest absolute Gasteiger partial charge is 0.0949 e. The van der Waals surface area contributed by atoms with Crippen molar-refractivity contribution in [1.29, 1.82) is 0 Å². The maximum atomic E-state index is 5.65. The fraction of sp³-hybridized carbons (Fsp3) is 0.769. The molecule has 1 N–H and O–H groups in total. The van der Waals surface area contributed by atoms with Gasteiger partial charge in [-0.15, -0.1) is 0 Å². The molecule has 1 aromatic rings. The van der Waals surface area contributed by atoms with Crippen molar-refractivity contribution in [2.45, 2.75) is 44.8 Å². The number of hydrogen-bond donors (Lipinski definition) is 1. The molecule has 0 saturated heterocycles. The largest absolute Gasteiger partial charge is 0.379 e. The molecule has 0 aromatic carbocycles. The van der Waals surface area contributed by atoms with E-state index in [2.05, 4.69) is 14.9 Å². The topological polar surface area (TPSA) is 39.1 Å². The quantitative estimate of drug-likeness (QED) is 0.695. The van der Waals surface area contributed by atoms with Crippen molar-refractivity contribution in [3.8, 4) is 0 Å². The molecule has 1 heterocycles. The molecule has 3 rings (SSSR count). The lowest BCUT2D eigenvalue weighted by Crippen LogP contribution is -2.19. The summed E-state index contributed by atoms with van der Waals surface area (Å²) in [6.07, 6.45) is 9.25. The lowest BCUT2D eigenvalue weighted by atomic mass is 10.4. The molecule has 2 aliphatic carbocycles. The number of rotatable bonds is 8. The Hall–Kier alpha value is -0.870. The molecule has 2 saturated carbocycles. The van der Waals surface area contributed by atoms with E-state index >= 15 is 0 Å². The Morgan fingerprint density at radius 2 is 2.24 bits per heavy atom. The van der Waals surface area contributed by atoms with Crippen LogP contribution in [0.5, 0.6) is 0 Å². The molecule has 0 amide bonds. The average Bonchev–Trinajstić information content (AvgIpc) is 3.24. The van der Waals surface area contributed by atoms with Crippen LogP contribution in [0, 0.1) is 5.92 Å². The van der Waals surface area contributed by atoms with Crippen LogP contribution in [-0.4, -0.2) is 28.8 Å². The summed E-state index contributed by atoms with van der Waals surface area (Å²) < 4.78 is 7.85. The summed E-state index contributed by atoms with van der Waals surface area (Å²) in [6, 6.07) is 0.754. The van der Waals surface area contributed by atoms with Crippen molar-refractivity contribution in [3.63, 3.8) is 0 Å². The van der Waals surface area contributed by atoms with E-state index in [0.717, 1.165) is 38.3 Å². The van der Waals surface area contributed by atoms with Crippen molar-refractivity contribution < 1.29 is 4.74 Å². The van der Waals surface area contributed by atoms with E-state index in [-0.39, 0.29) is 0 Å². The molecule has 4 nitrogen and oxygen atoms in total. The molecule has 0 unspecified atom stereocenters. The summed E-state index contributed by atoms with van der Waals surface area (Å²) in [5.41, 5.74) is 1.27. The highest BCUT2D eigenvalue weighted by Gasteiger charge is 2.21. The first kappa shape index (κ1) is 11.2. The maximum Gasteiger partial charge on any atom is 0.0949 e. The van der Waals surface area contributed by atoms with Crippen LogP contribution >= 0.6 is 0 Å². The van der Waals surface area contributed by atoms with Crippen molar-refractivity contribution in [3.05, 3.63) is 18.2 Å². The van der Waals surface area contributed by atoms with Crippen LogP contribution in [0.25, 0.3) is 0 Å². The predicted molar refractivity (Wildman–Crippen MR) is 65.6 cm³/mol. The first-order valence-electron chi connectivity index (χ1n) is 6.72. The van der Waals surface area contributed by atoms with Gasteiger partial charge in [-0.25, -0.2) is 4.98 Å². The monoisotopic (exact) mass is 235 g/mol. The fourth-order valence-corrected chi connectivity index (χ4v) is 1.93. The van der Waals surface area contributed by atoms with Gasteiger partial charge in [0.2, 0.25) is 0 Å². The van der Waals surface area contributed by atoms with Crippen LogP contribution in [0.3, 0.4) is 0 Å². The zero-order chi connectivity index (χ0) is 11.5. The van der Waals surface area contributed by atoms with Crippen LogP contribution < -0.4 is 5.32 Å². The second kappa shape index (κ2) is 5.19. The minimum absolute atomic E-state index is 0.754. The average molecular weight is 235 g/mol.